The molecule has 2 aromatic rings. The molecular formula is C17H19N3O. The summed E-state index contributed by atoms with van der Waals surface area (Å²) in [4.78, 5) is 14.0. The van der Waals surface area contributed by atoms with Crippen molar-refractivity contribution in [3.63, 3.8) is 0 Å². The maximum Gasteiger partial charge on any atom is 0.190 e. The van der Waals surface area contributed by atoms with E-state index in [0.717, 1.165) is 5.56 Å². The maximum atomic E-state index is 12.0. The van der Waals surface area contributed by atoms with Crippen LogP contribution in [0.25, 0.3) is 0 Å². The van der Waals surface area contributed by atoms with Gasteiger partial charge in [-0.2, -0.15) is 5.10 Å². The standard InChI is InChI=1S/C17H19N3O/c1-4-11-20(12-14-9-7-6-8-10-14)17-15(16(21)5-2)13-19(3)18-17/h4-10,13H,1-2,11-12H2,3H3. The number of allylic oxidation sites excluding steroid dienone is 1. The fourth-order valence-corrected chi connectivity index (χ4v) is 2.18. The molecule has 0 saturated heterocycles. The highest BCUT2D eigenvalue weighted by atomic mass is 16.1. The van der Waals surface area contributed by atoms with Crippen molar-refractivity contribution in [3.05, 3.63) is 73.0 Å². The van der Waals surface area contributed by atoms with Gasteiger partial charge in [-0.05, 0) is 11.6 Å². The largest absolute Gasteiger partial charge is 0.346 e. The van der Waals surface area contributed by atoms with Crippen LogP contribution in [0.4, 0.5) is 5.82 Å². The second-order valence-electron chi connectivity index (χ2n) is 4.76. The Hall–Kier alpha value is -2.62. The number of carbonyl (C=O) groups is 1. The molecule has 0 spiro atoms. The van der Waals surface area contributed by atoms with Gasteiger partial charge in [-0.1, -0.05) is 43.0 Å². The van der Waals surface area contributed by atoms with E-state index < -0.39 is 0 Å². The van der Waals surface area contributed by atoms with E-state index in [4.69, 9.17) is 0 Å². The van der Waals surface area contributed by atoms with E-state index in [2.05, 4.69) is 18.3 Å². The Morgan fingerprint density at radius 3 is 2.67 bits per heavy atom. The van der Waals surface area contributed by atoms with Gasteiger partial charge in [-0.15, -0.1) is 6.58 Å². The first-order valence-electron chi connectivity index (χ1n) is 6.76. The van der Waals surface area contributed by atoms with Crippen molar-refractivity contribution in [2.75, 3.05) is 11.4 Å². The molecule has 0 atom stereocenters. The Morgan fingerprint density at radius 2 is 2.05 bits per heavy atom. The first-order valence-corrected chi connectivity index (χ1v) is 6.76. The van der Waals surface area contributed by atoms with E-state index in [1.54, 1.807) is 24.0 Å². The van der Waals surface area contributed by atoms with Gasteiger partial charge in [0.05, 0.1) is 5.56 Å². The summed E-state index contributed by atoms with van der Waals surface area (Å²) >= 11 is 0. The molecule has 0 N–H and O–H groups in total. The zero-order valence-corrected chi connectivity index (χ0v) is 12.2. The quantitative estimate of drug-likeness (QED) is 0.445. The highest BCUT2D eigenvalue weighted by molar-refractivity contribution is 6.07. The van der Waals surface area contributed by atoms with Gasteiger partial charge in [-0.3, -0.25) is 9.48 Å². The average molecular weight is 281 g/mol. The number of hydrogen-bond acceptors (Lipinski definition) is 3. The van der Waals surface area contributed by atoms with Crippen LogP contribution in [-0.2, 0) is 13.6 Å². The van der Waals surface area contributed by atoms with Gasteiger partial charge in [0.2, 0.25) is 0 Å². The lowest BCUT2D eigenvalue weighted by molar-refractivity contribution is 0.104. The van der Waals surface area contributed by atoms with E-state index in [9.17, 15) is 4.79 Å². The number of rotatable bonds is 7. The average Bonchev–Trinajstić information content (AvgIpc) is 2.89. The molecule has 0 fully saturated rings. The third-order valence-electron chi connectivity index (χ3n) is 3.13. The third-order valence-corrected chi connectivity index (χ3v) is 3.13. The lowest BCUT2D eigenvalue weighted by Gasteiger charge is -2.21. The van der Waals surface area contributed by atoms with E-state index in [0.29, 0.717) is 24.5 Å². The van der Waals surface area contributed by atoms with E-state index in [1.165, 1.54) is 6.08 Å². The molecule has 0 bridgehead atoms. The molecule has 21 heavy (non-hydrogen) atoms. The van der Waals surface area contributed by atoms with Crippen LogP contribution in [0.3, 0.4) is 0 Å². The maximum absolute atomic E-state index is 12.0. The van der Waals surface area contributed by atoms with Crippen molar-refractivity contribution in [2.45, 2.75) is 6.54 Å². The normalized spacial score (nSPS) is 10.1. The van der Waals surface area contributed by atoms with Crippen molar-refractivity contribution in [1.82, 2.24) is 9.78 Å². The van der Waals surface area contributed by atoms with Crippen LogP contribution in [0.15, 0.2) is 61.8 Å². The predicted molar refractivity (Wildman–Crippen MR) is 85.4 cm³/mol. The lowest BCUT2D eigenvalue weighted by Crippen LogP contribution is -2.24. The Labute approximate surface area is 125 Å². The first-order chi connectivity index (χ1) is 10.2. The number of nitrogens with zero attached hydrogens (tertiary/aromatic N) is 3. The summed E-state index contributed by atoms with van der Waals surface area (Å²) in [7, 11) is 1.80. The smallest absolute Gasteiger partial charge is 0.190 e. The molecule has 0 aliphatic rings. The van der Waals surface area contributed by atoms with Crippen molar-refractivity contribution in [2.24, 2.45) is 7.05 Å². The first kappa shape index (κ1) is 14.8. The predicted octanol–water partition coefficient (Wildman–Crippen LogP) is 2.98. The zero-order chi connectivity index (χ0) is 15.2. The van der Waals surface area contributed by atoms with Crippen molar-refractivity contribution >= 4 is 11.6 Å². The van der Waals surface area contributed by atoms with Crippen LogP contribution in [-0.4, -0.2) is 22.1 Å². The molecule has 1 heterocycles. The van der Waals surface area contributed by atoms with Gasteiger partial charge in [0.1, 0.15) is 0 Å². The second kappa shape index (κ2) is 6.70. The summed E-state index contributed by atoms with van der Waals surface area (Å²) in [5.41, 5.74) is 1.72. The molecule has 108 valence electrons. The number of aromatic nitrogens is 2. The molecule has 0 amide bonds. The molecule has 4 heteroatoms. The third kappa shape index (κ3) is 3.48. The highest BCUT2D eigenvalue weighted by Crippen LogP contribution is 2.21. The number of benzene rings is 1. The summed E-state index contributed by atoms with van der Waals surface area (Å²) < 4.78 is 1.65. The van der Waals surface area contributed by atoms with Crippen LogP contribution < -0.4 is 4.90 Å². The lowest BCUT2D eigenvalue weighted by atomic mass is 10.1. The Kier molecular flexibility index (Phi) is 4.72. The van der Waals surface area contributed by atoms with Crippen molar-refractivity contribution in [1.29, 1.82) is 0 Å². The zero-order valence-electron chi connectivity index (χ0n) is 12.2. The summed E-state index contributed by atoms with van der Waals surface area (Å²) in [6, 6.07) is 10.1. The number of ketones is 1. The van der Waals surface area contributed by atoms with Gasteiger partial charge < -0.3 is 4.90 Å². The molecule has 1 aromatic heterocycles. The van der Waals surface area contributed by atoms with Gasteiger partial charge in [0.15, 0.2) is 11.6 Å². The van der Waals surface area contributed by atoms with Gasteiger partial charge in [0.25, 0.3) is 0 Å². The van der Waals surface area contributed by atoms with Gasteiger partial charge in [0, 0.05) is 26.3 Å². The van der Waals surface area contributed by atoms with Crippen LogP contribution >= 0.6 is 0 Å². The summed E-state index contributed by atoms with van der Waals surface area (Å²) in [5, 5.41) is 4.42. The van der Waals surface area contributed by atoms with Crippen LogP contribution in [0.1, 0.15) is 15.9 Å². The highest BCUT2D eigenvalue weighted by Gasteiger charge is 2.18. The Morgan fingerprint density at radius 1 is 1.33 bits per heavy atom. The molecule has 0 aliphatic heterocycles. The Bertz CT molecular complexity index is 643. The molecule has 1 aromatic carbocycles. The minimum atomic E-state index is -0.125. The van der Waals surface area contributed by atoms with Crippen LogP contribution in [0, 0.1) is 0 Å². The van der Waals surface area contributed by atoms with Crippen LogP contribution in [0.2, 0.25) is 0 Å². The summed E-state index contributed by atoms with van der Waals surface area (Å²) in [5.74, 6) is 0.534. The second-order valence-corrected chi connectivity index (χ2v) is 4.76. The molecule has 0 aliphatic carbocycles. The monoisotopic (exact) mass is 281 g/mol. The number of hydrogen-bond donors (Lipinski definition) is 0. The molecule has 0 unspecified atom stereocenters. The summed E-state index contributed by atoms with van der Waals surface area (Å²) in [6.07, 6.45) is 4.84. The molecule has 2 rings (SSSR count). The SMILES string of the molecule is C=CCN(Cc1ccccc1)c1nn(C)cc1C(=O)C=C. The number of aryl methyl sites for hydroxylation is 1. The fourth-order valence-electron chi connectivity index (χ4n) is 2.18. The fraction of sp³-hybridized carbons (Fsp3) is 0.176. The van der Waals surface area contributed by atoms with E-state index >= 15 is 0 Å². The van der Waals surface area contributed by atoms with Crippen molar-refractivity contribution in [3.8, 4) is 0 Å². The minimum absolute atomic E-state index is 0.125. The molecular weight excluding hydrogens is 262 g/mol. The molecule has 0 saturated carbocycles. The van der Waals surface area contributed by atoms with Crippen molar-refractivity contribution < 1.29 is 4.79 Å². The van der Waals surface area contributed by atoms with E-state index in [-0.39, 0.29) is 5.78 Å². The Balaban J connectivity index is 2.36. The molecule has 0 radical (unpaired) electrons. The topological polar surface area (TPSA) is 38.1 Å². The van der Waals surface area contributed by atoms with E-state index in [1.807, 2.05) is 35.2 Å². The number of carbonyl (C=O) groups excluding carboxylic acids is 1. The van der Waals surface area contributed by atoms with Gasteiger partial charge >= 0.3 is 0 Å². The summed E-state index contributed by atoms with van der Waals surface area (Å²) in [6.45, 7) is 8.62. The molecule has 4 nitrogen and oxygen atoms in total. The van der Waals surface area contributed by atoms with Gasteiger partial charge in [-0.25, -0.2) is 0 Å². The number of anilines is 1. The minimum Gasteiger partial charge on any atom is -0.346 e. The van der Waals surface area contributed by atoms with Crippen LogP contribution in [0.5, 0.6) is 0 Å².